The zero-order valence-electron chi connectivity index (χ0n) is 9.14. The Morgan fingerprint density at radius 1 is 1.60 bits per heavy atom. The number of rotatable bonds is 4. The average Bonchev–Trinajstić information content (AvgIpc) is 2.22. The van der Waals surface area contributed by atoms with E-state index in [1.54, 1.807) is 0 Å². The number of amides is 3. The molecule has 0 aromatic carbocycles. The van der Waals surface area contributed by atoms with Crippen LogP contribution in [-0.4, -0.2) is 31.1 Å². The lowest BCUT2D eigenvalue weighted by Gasteiger charge is -2.23. The van der Waals surface area contributed by atoms with E-state index >= 15 is 0 Å². The van der Waals surface area contributed by atoms with Gasteiger partial charge in [-0.15, -0.1) is 0 Å². The third kappa shape index (κ3) is 4.67. The lowest BCUT2D eigenvalue weighted by atomic mass is 10.1. The number of hydrogen-bond donors (Lipinski definition) is 3. The average molecular weight is 213 g/mol. The molecule has 1 rings (SSSR count). The van der Waals surface area contributed by atoms with E-state index in [0.717, 1.165) is 19.3 Å². The predicted molar refractivity (Wildman–Crippen MR) is 57.5 cm³/mol. The number of urea groups is 1. The fraction of sp³-hybridized carbons (Fsp3) is 0.800. The Hall–Kier alpha value is -1.26. The third-order valence-corrected chi connectivity index (χ3v) is 2.42. The van der Waals surface area contributed by atoms with Crippen molar-refractivity contribution in [3.63, 3.8) is 0 Å². The summed E-state index contributed by atoms with van der Waals surface area (Å²) in [5, 5.41) is 8.34. The van der Waals surface area contributed by atoms with Crippen LogP contribution in [0, 0.1) is 0 Å². The molecule has 1 unspecified atom stereocenters. The van der Waals surface area contributed by atoms with Gasteiger partial charge in [0.1, 0.15) is 0 Å². The minimum absolute atomic E-state index is 0.0689. The van der Waals surface area contributed by atoms with Gasteiger partial charge < -0.3 is 16.0 Å². The van der Waals surface area contributed by atoms with Crippen LogP contribution in [0.4, 0.5) is 4.79 Å². The Morgan fingerprint density at radius 3 is 3.00 bits per heavy atom. The number of nitrogens with one attached hydrogen (secondary N) is 3. The largest absolute Gasteiger partial charge is 0.354 e. The maximum Gasteiger partial charge on any atom is 0.315 e. The van der Waals surface area contributed by atoms with Gasteiger partial charge in [-0.25, -0.2) is 4.79 Å². The molecule has 15 heavy (non-hydrogen) atoms. The van der Waals surface area contributed by atoms with Crippen LogP contribution in [0.1, 0.15) is 32.6 Å². The van der Waals surface area contributed by atoms with Gasteiger partial charge in [-0.3, -0.25) is 4.79 Å². The van der Waals surface area contributed by atoms with Crippen molar-refractivity contribution in [3.05, 3.63) is 0 Å². The minimum atomic E-state index is -0.135. The molecule has 1 saturated heterocycles. The van der Waals surface area contributed by atoms with Crippen molar-refractivity contribution in [2.45, 2.75) is 38.6 Å². The molecule has 1 heterocycles. The van der Waals surface area contributed by atoms with E-state index in [2.05, 4.69) is 22.9 Å². The molecule has 0 radical (unpaired) electrons. The van der Waals surface area contributed by atoms with Gasteiger partial charge in [0, 0.05) is 25.6 Å². The standard InChI is InChI=1S/C10H19N3O2/c1-2-3-6-11-10(15)13-8-4-5-9(14)12-7-8/h8H,2-7H2,1H3,(H,12,14)(H2,11,13,15). The molecule has 3 N–H and O–H groups in total. The molecule has 0 aromatic rings. The zero-order chi connectivity index (χ0) is 11.1. The summed E-state index contributed by atoms with van der Waals surface area (Å²) < 4.78 is 0. The molecule has 3 amide bonds. The van der Waals surface area contributed by atoms with Gasteiger partial charge in [-0.1, -0.05) is 13.3 Å². The van der Waals surface area contributed by atoms with E-state index in [-0.39, 0.29) is 18.0 Å². The highest BCUT2D eigenvalue weighted by Gasteiger charge is 2.18. The van der Waals surface area contributed by atoms with Gasteiger partial charge in [0.25, 0.3) is 0 Å². The van der Waals surface area contributed by atoms with E-state index in [1.165, 1.54) is 0 Å². The van der Waals surface area contributed by atoms with Crippen molar-refractivity contribution in [2.24, 2.45) is 0 Å². The van der Waals surface area contributed by atoms with Crippen molar-refractivity contribution in [2.75, 3.05) is 13.1 Å². The summed E-state index contributed by atoms with van der Waals surface area (Å²) >= 11 is 0. The second-order valence-electron chi connectivity index (χ2n) is 3.79. The number of hydrogen-bond acceptors (Lipinski definition) is 2. The molecule has 5 heteroatoms. The molecular formula is C10H19N3O2. The highest BCUT2D eigenvalue weighted by atomic mass is 16.2. The Morgan fingerprint density at radius 2 is 2.40 bits per heavy atom. The van der Waals surface area contributed by atoms with E-state index < -0.39 is 0 Å². The normalized spacial score (nSPS) is 20.6. The first kappa shape index (κ1) is 11.8. The van der Waals surface area contributed by atoms with E-state index in [9.17, 15) is 9.59 Å². The van der Waals surface area contributed by atoms with E-state index in [1.807, 2.05) is 0 Å². The van der Waals surface area contributed by atoms with Gasteiger partial charge in [0.15, 0.2) is 0 Å². The molecule has 0 saturated carbocycles. The van der Waals surface area contributed by atoms with Crippen molar-refractivity contribution >= 4 is 11.9 Å². The lowest BCUT2D eigenvalue weighted by Crippen LogP contribution is -2.50. The van der Waals surface area contributed by atoms with E-state index in [4.69, 9.17) is 0 Å². The Kier molecular flexibility index (Phi) is 4.93. The Balaban J connectivity index is 2.12. The van der Waals surface area contributed by atoms with E-state index in [0.29, 0.717) is 19.5 Å². The smallest absolute Gasteiger partial charge is 0.315 e. The van der Waals surface area contributed by atoms with Crippen LogP contribution in [0.15, 0.2) is 0 Å². The van der Waals surface area contributed by atoms with Crippen LogP contribution in [0.2, 0.25) is 0 Å². The molecule has 0 aliphatic carbocycles. The molecule has 0 bridgehead atoms. The first-order valence-electron chi connectivity index (χ1n) is 5.53. The van der Waals surface area contributed by atoms with Crippen LogP contribution < -0.4 is 16.0 Å². The Bertz CT molecular complexity index is 221. The number of unbranched alkanes of at least 4 members (excludes halogenated alkanes) is 1. The number of piperidine rings is 1. The summed E-state index contributed by atoms with van der Waals surface area (Å²) in [7, 11) is 0. The molecule has 0 aromatic heterocycles. The first-order chi connectivity index (χ1) is 7.22. The number of carbonyl (C=O) groups is 2. The zero-order valence-corrected chi connectivity index (χ0v) is 9.14. The van der Waals surface area contributed by atoms with Crippen LogP contribution >= 0.6 is 0 Å². The van der Waals surface area contributed by atoms with Gasteiger partial charge in [-0.05, 0) is 12.8 Å². The second-order valence-corrected chi connectivity index (χ2v) is 3.79. The third-order valence-electron chi connectivity index (χ3n) is 2.42. The Labute approximate surface area is 90.0 Å². The lowest BCUT2D eigenvalue weighted by molar-refractivity contribution is -0.122. The summed E-state index contributed by atoms with van der Waals surface area (Å²) in [5.74, 6) is 0.0689. The van der Waals surface area contributed by atoms with Gasteiger partial charge >= 0.3 is 6.03 Å². The minimum Gasteiger partial charge on any atom is -0.354 e. The molecule has 1 aliphatic heterocycles. The van der Waals surface area contributed by atoms with Crippen molar-refractivity contribution < 1.29 is 9.59 Å². The number of carbonyl (C=O) groups excluding carboxylic acids is 2. The molecule has 1 aliphatic rings. The fourth-order valence-electron chi connectivity index (χ4n) is 1.47. The highest BCUT2D eigenvalue weighted by molar-refractivity contribution is 5.78. The van der Waals surface area contributed by atoms with Gasteiger partial charge in [0.2, 0.25) is 5.91 Å². The van der Waals surface area contributed by atoms with Crippen molar-refractivity contribution in [1.82, 2.24) is 16.0 Å². The van der Waals surface area contributed by atoms with Gasteiger partial charge in [-0.2, -0.15) is 0 Å². The first-order valence-corrected chi connectivity index (χ1v) is 5.53. The highest BCUT2D eigenvalue weighted by Crippen LogP contribution is 2.01. The van der Waals surface area contributed by atoms with Crippen LogP contribution in [0.3, 0.4) is 0 Å². The maximum absolute atomic E-state index is 11.3. The summed E-state index contributed by atoms with van der Waals surface area (Å²) in [6.45, 7) is 3.33. The monoisotopic (exact) mass is 213 g/mol. The topological polar surface area (TPSA) is 70.2 Å². The molecular weight excluding hydrogens is 194 g/mol. The molecule has 86 valence electrons. The van der Waals surface area contributed by atoms with Crippen LogP contribution in [0.5, 0.6) is 0 Å². The summed E-state index contributed by atoms with van der Waals surface area (Å²) in [5.41, 5.74) is 0. The summed E-state index contributed by atoms with van der Waals surface area (Å²) in [6.07, 6.45) is 3.29. The molecule has 0 spiro atoms. The van der Waals surface area contributed by atoms with Gasteiger partial charge in [0.05, 0.1) is 0 Å². The SMILES string of the molecule is CCCCNC(=O)NC1CCC(=O)NC1. The van der Waals surface area contributed by atoms with Crippen LogP contribution in [-0.2, 0) is 4.79 Å². The molecule has 1 fully saturated rings. The fourth-order valence-corrected chi connectivity index (χ4v) is 1.47. The van der Waals surface area contributed by atoms with Crippen LogP contribution in [0.25, 0.3) is 0 Å². The summed E-state index contributed by atoms with van der Waals surface area (Å²) in [6, 6.07) is -0.0612. The molecule has 5 nitrogen and oxygen atoms in total. The molecule has 1 atom stereocenters. The quantitative estimate of drug-likeness (QED) is 0.590. The second kappa shape index (κ2) is 6.27. The maximum atomic E-state index is 11.3. The van der Waals surface area contributed by atoms with Crippen molar-refractivity contribution in [3.8, 4) is 0 Å². The summed E-state index contributed by atoms with van der Waals surface area (Å²) in [4.78, 5) is 22.2. The van der Waals surface area contributed by atoms with Crippen molar-refractivity contribution in [1.29, 1.82) is 0 Å². The predicted octanol–water partition coefficient (Wildman–Crippen LogP) is 0.364.